The van der Waals surface area contributed by atoms with Crippen molar-refractivity contribution >= 4 is 5.65 Å². The van der Waals surface area contributed by atoms with Crippen molar-refractivity contribution < 1.29 is 9.47 Å². The topological polar surface area (TPSA) is 35.8 Å². The Morgan fingerprint density at radius 2 is 1.84 bits per heavy atom. The van der Waals surface area contributed by atoms with E-state index in [1.54, 1.807) is 14.2 Å². The normalized spacial score (nSPS) is 10.6. The van der Waals surface area contributed by atoms with Gasteiger partial charge < -0.3 is 9.47 Å². The van der Waals surface area contributed by atoms with Crippen LogP contribution in [0.1, 0.15) is 0 Å². The molecule has 0 bridgehead atoms. The largest absolute Gasteiger partial charge is 0.497 e. The van der Waals surface area contributed by atoms with E-state index >= 15 is 0 Å². The molecule has 2 aromatic heterocycles. The molecule has 0 radical (unpaired) electrons. The summed E-state index contributed by atoms with van der Waals surface area (Å²) in [5.74, 6) is 1.58. The minimum atomic E-state index is 0.763. The summed E-state index contributed by atoms with van der Waals surface area (Å²) in [7, 11) is 3.31. The Balaban J connectivity index is 2.15. The number of hydrogen-bond acceptors (Lipinski definition) is 3. The number of nitrogens with zero attached hydrogens (tertiary/aromatic N) is 2. The fourth-order valence-corrected chi connectivity index (χ4v) is 2.07. The maximum atomic E-state index is 5.32. The molecule has 2 heterocycles. The molecule has 0 atom stereocenters. The first-order valence-corrected chi connectivity index (χ1v) is 5.98. The number of fused-ring (bicyclic) bond motifs is 1. The average molecular weight is 254 g/mol. The number of hydrogen-bond donors (Lipinski definition) is 0. The van der Waals surface area contributed by atoms with E-state index in [1.165, 1.54) is 0 Å². The minimum absolute atomic E-state index is 0.763. The molecule has 0 aliphatic heterocycles. The predicted octanol–water partition coefficient (Wildman–Crippen LogP) is 3.02. The standard InChI is InChI=1S/C15H14N2O2/c1-18-12-6-3-5-11(9-12)13-10-17-14(16-13)7-4-8-15(17)19-2/h3-10H,1-2H3. The van der Waals surface area contributed by atoms with E-state index in [-0.39, 0.29) is 0 Å². The molecule has 0 unspecified atom stereocenters. The predicted molar refractivity (Wildman–Crippen MR) is 73.7 cm³/mol. The van der Waals surface area contributed by atoms with Gasteiger partial charge in [-0.25, -0.2) is 4.98 Å². The van der Waals surface area contributed by atoms with Crippen LogP contribution in [0, 0.1) is 0 Å². The van der Waals surface area contributed by atoms with E-state index in [2.05, 4.69) is 4.98 Å². The van der Waals surface area contributed by atoms with Crippen molar-refractivity contribution in [1.29, 1.82) is 0 Å². The van der Waals surface area contributed by atoms with Gasteiger partial charge in [0.05, 0.1) is 19.9 Å². The lowest BCUT2D eigenvalue weighted by atomic mass is 10.1. The molecule has 0 aliphatic rings. The van der Waals surface area contributed by atoms with Gasteiger partial charge in [0.15, 0.2) is 5.88 Å². The summed E-state index contributed by atoms with van der Waals surface area (Å²) in [6, 6.07) is 13.6. The second kappa shape index (κ2) is 4.65. The molecule has 4 heteroatoms. The zero-order valence-corrected chi connectivity index (χ0v) is 10.8. The summed E-state index contributed by atoms with van der Waals surface area (Å²) >= 11 is 0. The lowest BCUT2D eigenvalue weighted by Crippen LogP contribution is -1.91. The molecule has 0 saturated carbocycles. The van der Waals surface area contributed by atoms with Crippen molar-refractivity contribution in [2.75, 3.05) is 14.2 Å². The molecular formula is C15H14N2O2. The van der Waals surface area contributed by atoms with Crippen LogP contribution in [0.4, 0.5) is 0 Å². The fraction of sp³-hybridized carbons (Fsp3) is 0.133. The first-order valence-electron chi connectivity index (χ1n) is 5.98. The molecule has 4 nitrogen and oxygen atoms in total. The molecule has 1 aromatic carbocycles. The Kier molecular flexibility index (Phi) is 2.83. The molecular weight excluding hydrogens is 240 g/mol. The maximum Gasteiger partial charge on any atom is 0.198 e. The van der Waals surface area contributed by atoms with Gasteiger partial charge in [0.2, 0.25) is 0 Å². The maximum absolute atomic E-state index is 5.32. The van der Waals surface area contributed by atoms with Gasteiger partial charge in [-0.05, 0) is 24.3 Å². The number of ether oxygens (including phenoxy) is 2. The quantitative estimate of drug-likeness (QED) is 0.720. The van der Waals surface area contributed by atoms with Crippen LogP contribution in [0.25, 0.3) is 16.9 Å². The highest BCUT2D eigenvalue weighted by molar-refractivity contribution is 5.64. The van der Waals surface area contributed by atoms with Gasteiger partial charge in [0.1, 0.15) is 11.4 Å². The van der Waals surface area contributed by atoms with Gasteiger partial charge in [-0.15, -0.1) is 0 Å². The third kappa shape index (κ3) is 2.01. The summed E-state index contributed by atoms with van der Waals surface area (Å²) in [5.41, 5.74) is 2.77. The Labute approximate surface area is 111 Å². The summed E-state index contributed by atoms with van der Waals surface area (Å²) in [5, 5.41) is 0. The van der Waals surface area contributed by atoms with Gasteiger partial charge >= 0.3 is 0 Å². The Morgan fingerprint density at radius 1 is 1.00 bits per heavy atom. The second-order valence-electron chi connectivity index (χ2n) is 4.15. The van der Waals surface area contributed by atoms with Crippen LogP contribution < -0.4 is 9.47 Å². The highest BCUT2D eigenvalue weighted by Gasteiger charge is 2.07. The molecule has 96 valence electrons. The van der Waals surface area contributed by atoms with Crippen molar-refractivity contribution in [3.8, 4) is 22.9 Å². The summed E-state index contributed by atoms with van der Waals surface area (Å²) in [6.07, 6.45) is 1.96. The smallest absolute Gasteiger partial charge is 0.198 e. The Bertz CT molecular complexity index is 719. The van der Waals surface area contributed by atoms with Crippen LogP contribution in [0.15, 0.2) is 48.7 Å². The van der Waals surface area contributed by atoms with E-state index < -0.39 is 0 Å². The number of aromatic nitrogens is 2. The summed E-state index contributed by atoms with van der Waals surface area (Å²) in [6.45, 7) is 0. The number of imidazole rings is 1. The molecule has 0 fully saturated rings. The number of methoxy groups -OCH3 is 2. The van der Waals surface area contributed by atoms with Gasteiger partial charge in [-0.3, -0.25) is 4.40 Å². The highest BCUT2D eigenvalue weighted by Crippen LogP contribution is 2.25. The van der Waals surface area contributed by atoms with Crippen LogP contribution in [0.5, 0.6) is 11.6 Å². The third-order valence-electron chi connectivity index (χ3n) is 3.03. The Morgan fingerprint density at radius 3 is 2.63 bits per heavy atom. The summed E-state index contributed by atoms with van der Waals surface area (Å²) in [4.78, 5) is 4.59. The van der Waals surface area contributed by atoms with Gasteiger partial charge in [-0.1, -0.05) is 18.2 Å². The van der Waals surface area contributed by atoms with Gasteiger partial charge in [0, 0.05) is 11.8 Å². The van der Waals surface area contributed by atoms with Crippen molar-refractivity contribution in [1.82, 2.24) is 9.38 Å². The third-order valence-corrected chi connectivity index (χ3v) is 3.03. The monoisotopic (exact) mass is 254 g/mol. The second-order valence-corrected chi connectivity index (χ2v) is 4.15. The molecule has 0 amide bonds. The van der Waals surface area contributed by atoms with E-state index in [9.17, 15) is 0 Å². The molecule has 0 spiro atoms. The van der Waals surface area contributed by atoms with Crippen LogP contribution >= 0.6 is 0 Å². The first-order chi connectivity index (χ1) is 9.31. The van der Waals surface area contributed by atoms with E-state index in [4.69, 9.17) is 9.47 Å². The van der Waals surface area contributed by atoms with Crippen LogP contribution in [-0.4, -0.2) is 23.6 Å². The number of benzene rings is 1. The molecule has 19 heavy (non-hydrogen) atoms. The van der Waals surface area contributed by atoms with E-state index in [0.29, 0.717) is 0 Å². The fourth-order valence-electron chi connectivity index (χ4n) is 2.07. The van der Waals surface area contributed by atoms with Crippen molar-refractivity contribution in [3.05, 3.63) is 48.7 Å². The minimum Gasteiger partial charge on any atom is -0.497 e. The zero-order valence-electron chi connectivity index (χ0n) is 10.8. The van der Waals surface area contributed by atoms with E-state index in [0.717, 1.165) is 28.5 Å². The van der Waals surface area contributed by atoms with Gasteiger partial charge in [0.25, 0.3) is 0 Å². The number of rotatable bonds is 3. The molecule has 0 aliphatic carbocycles. The van der Waals surface area contributed by atoms with Crippen molar-refractivity contribution in [2.45, 2.75) is 0 Å². The number of pyridine rings is 1. The lowest BCUT2D eigenvalue weighted by Gasteiger charge is -2.02. The molecule has 3 aromatic rings. The lowest BCUT2D eigenvalue weighted by molar-refractivity contribution is 0.392. The van der Waals surface area contributed by atoms with E-state index in [1.807, 2.05) is 53.1 Å². The molecule has 3 rings (SSSR count). The first kappa shape index (κ1) is 11.6. The van der Waals surface area contributed by atoms with Crippen molar-refractivity contribution in [2.24, 2.45) is 0 Å². The zero-order chi connectivity index (χ0) is 13.2. The van der Waals surface area contributed by atoms with Crippen LogP contribution in [0.2, 0.25) is 0 Å². The average Bonchev–Trinajstić information content (AvgIpc) is 2.91. The van der Waals surface area contributed by atoms with Crippen LogP contribution in [0.3, 0.4) is 0 Å². The van der Waals surface area contributed by atoms with Crippen molar-refractivity contribution in [3.63, 3.8) is 0 Å². The summed E-state index contributed by atoms with van der Waals surface area (Å²) < 4.78 is 12.5. The van der Waals surface area contributed by atoms with Gasteiger partial charge in [-0.2, -0.15) is 0 Å². The molecule has 0 N–H and O–H groups in total. The SMILES string of the molecule is COc1cccc(-c2cn3c(OC)cccc3n2)c1. The van der Waals surface area contributed by atoms with Crippen LogP contribution in [-0.2, 0) is 0 Å². The Hall–Kier alpha value is -2.49. The molecule has 0 saturated heterocycles. The highest BCUT2D eigenvalue weighted by atomic mass is 16.5.